The van der Waals surface area contributed by atoms with Crippen molar-refractivity contribution in [3.8, 4) is 23.3 Å². The average molecular weight is 537 g/mol. The first kappa shape index (κ1) is 26.9. The largest absolute Gasteiger partial charge is 0.496 e. The van der Waals surface area contributed by atoms with Gasteiger partial charge in [0, 0.05) is 38.6 Å². The Labute approximate surface area is 234 Å². The maximum Gasteiger partial charge on any atom is 0.257 e. The second-order valence-corrected chi connectivity index (χ2v) is 9.80. The van der Waals surface area contributed by atoms with E-state index in [1.165, 1.54) is 0 Å². The maximum absolute atomic E-state index is 13.3. The van der Waals surface area contributed by atoms with Gasteiger partial charge in [0.25, 0.3) is 5.91 Å². The monoisotopic (exact) mass is 536 g/mol. The van der Waals surface area contributed by atoms with E-state index >= 15 is 0 Å². The number of H-pyrrole nitrogens is 1. The molecule has 1 amide bonds. The molecule has 9 heteroatoms. The van der Waals surface area contributed by atoms with Crippen LogP contribution in [0.15, 0.2) is 67.0 Å². The number of nitrogens with one attached hydrogen (secondary N) is 1. The Morgan fingerprint density at radius 2 is 1.80 bits per heavy atom. The van der Waals surface area contributed by atoms with Crippen molar-refractivity contribution < 1.29 is 14.3 Å². The number of rotatable bonds is 8. The number of amides is 1. The number of para-hydroxylation sites is 1. The van der Waals surface area contributed by atoms with Gasteiger partial charge in [0.1, 0.15) is 29.1 Å². The molecule has 0 saturated carbocycles. The molecule has 1 N–H and O–H groups in total. The molecule has 1 saturated heterocycles. The molecule has 1 aliphatic heterocycles. The number of carbonyl (C=O) groups is 1. The van der Waals surface area contributed by atoms with Crippen LogP contribution in [0.3, 0.4) is 0 Å². The normalized spacial score (nSPS) is 14.4. The van der Waals surface area contributed by atoms with Gasteiger partial charge in [-0.05, 0) is 62.2 Å². The van der Waals surface area contributed by atoms with E-state index in [4.69, 9.17) is 9.47 Å². The Balaban J connectivity index is 1.36. The number of methoxy groups -OCH3 is 1. The zero-order valence-corrected chi connectivity index (χ0v) is 22.9. The lowest BCUT2D eigenvalue weighted by atomic mass is 9.99. The molecule has 0 aliphatic carbocycles. The van der Waals surface area contributed by atoms with E-state index < -0.39 is 0 Å². The summed E-state index contributed by atoms with van der Waals surface area (Å²) in [4.78, 5) is 29.7. The van der Waals surface area contributed by atoms with Gasteiger partial charge in [-0.15, -0.1) is 0 Å². The number of nitriles is 1. The Hall–Kier alpha value is -4.68. The highest BCUT2D eigenvalue weighted by Crippen LogP contribution is 2.31. The molecule has 0 radical (unpaired) electrons. The fourth-order valence-electron chi connectivity index (χ4n) is 5.06. The fourth-order valence-corrected chi connectivity index (χ4v) is 5.06. The Bertz CT molecular complexity index is 1530. The summed E-state index contributed by atoms with van der Waals surface area (Å²) in [6, 6.07) is 18.9. The number of aromatic nitrogens is 3. The molecule has 40 heavy (non-hydrogen) atoms. The van der Waals surface area contributed by atoms with Gasteiger partial charge in [0.2, 0.25) is 0 Å². The van der Waals surface area contributed by atoms with Crippen LogP contribution in [0.5, 0.6) is 17.2 Å². The number of nitrogens with zero attached hydrogens (tertiary/aromatic N) is 5. The number of benzene rings is 2. The number of pyridine rings is 1. The number of aryl methyl sites for hydroxylation is 2. The third-order valence-corrected chi connectivity index (χ3v) is 7.24. The number of carbonyl (C=O) groups excluding carboxylic acids is 1. The van der Waals surface area contributed by atoms with Crippen LogP contribution in [0, 0.1) is 25.2 Å². The van der Waals surface area contributed by atoms with Gasteiger partial charge in [-0.1, -0.05) is 18.2 Å². The van der Waals surface area contributed by atoms with Crippen molar-refractivity contribution >= 4 is 5.91 Å². The second kappa shape index (κ2) is 12.0. The molecule has 1 fully saturated rings. The van der Waals surface area contributed by atoms with Crippen LogP contribution >= 0.6 is 0 Å². The Kier molecular flexibility index (Phi) is 8.08. The van der Waals surface area contributed by atoms with Crippen molar-refractivity contribution in [1.29, 1.82) is 5.26 Å². The first-order chi connectivity index (χ1) is 19.5. The minimum absolute atomic E-state index is 0.00521. The van der Waals surface area contributed by atoms with Gasteiger partial charge in [0.05, 0.1) is 35.7 Å². The summed E-state index contributed by atoms with van der Waals surface area (Å²) in [5.41, 5.74) is 3.83. The molecular formula is C31H32N6O3. The molecular weight excluding hydrogens is 504 g/mol. The minimum atomic E-state index is -0.0226. The molecule has 1 unspecified atom stereocenters. The van der Waals surface area contributed by atoms with Crippen molar-refractivity contribution in [2.75, 3.05) is 33.3 Å². The summed E-state index contributed by atoms with van der Waals surface area (Å²) in [5.74, 6) is 2.53. The van der Waals surface area contributed by atoms with E-state index in [1.54, 1.807) is 25.4 Å². The van der Waals surface area contributed by atoms with Gasteiger partial charge in [-0.3, -0.25) is 14.7 Å². The average Bonchev–Trinajstić information content (AvgIpc) is 3.42. The molecule has 204 valence electrons. The van der Waals surface area contributed by atoms with E-state index in [1.807, 2.05) is 67.4 Å². The highest BCUT2D eigenvalue weighted by atomic mass is 16.5. The summed E-state index contributed by atoms with van der Waals surface area (Å²) in [5, 5.41) is 9.70. The number of aromatic amines is 1. The lowest BCUT2D eigenvalue weighted by Crippen LogP contribution is -2.50. The first-order valence-electron chi connectivity index (χ1n) is 13.3. The van der Waals surface area contributed by atoms with E-state index in [0.29, 0.717) is 61.0 Å². The fraction of sp³-hybridized carbons (Fsp3) is 0.290. The van der Waals surface area contributed by atoms with Crippen LogP contribution in [0.25, 0.3) is 0 Å². The number of piperazine rings is 1. The minimum Gasteiger partial charge on any atom is -0.496 e. The predicted molar refractivity (Wildman–Crippen MR) is 150 cm³/mol. The first-order valence-corrected chi connectivity index (χ1v) is 13.3. The number of ether oxygens (including phenoxy) is 2. The molecule has 4 aromatic rings. The van der Waals surface area contributed by atoms with Gasteiger partial charge in [-0.2, -0.15) is 5.26 Å². The number of hydrogen-bond donors (Lipinski definition) is 1. The van der Waals surface area contributed by atoms with Crippen LogP contribution in [-0.2, 0) is 6.42 Å². The summed E-state index contributed by atoms with van der Waals surface area (Å²) in [7, 11) is 1.58. The lowest BCUT2D eigenvalue weighted by Gasteiger charge is -2.39. The third kappa shape index (κ3) is 5.82. The van der Waals surface area contributed by atoms with E-state index in [0.717, 1.165) is 22.8 Å². The van der Waals surface area contributed by atoms with Gasteiger partial charge in [-0.25, -0.2) is 4.98 Å². The van der Waals surface area contributed by atoms with Crippen molar-refractivity contribution in [1.82, 2.24) is 24.8 Å². The highest BCUT2D eigenvalue weighted by molar-refractivity contribution is 5.97. The molecule has 3 heterocycles. The SMILES string of the molecule is COc1ccccc1C(=O)N1CCN(C(Cc2ccc(C#N)c(Oc3cccnc3C)c2)c2cnc(C)[nH]2)CC1. The van der Waals surface area contributed by atoms with E-state index in [9.17, 15) is 10.1 Å². The highest BCUT2D eigenvalue weighted by Gasteiger charge is 2.30. The zero-order valence-electron chi connectivity index (χ0n) is 22.9. The van der Waals surface area contributed by atoms with Gasteiger partial charge >= 0.3 is 0 Å². The Morgan fingerprint density at radius 3 is 2.50 bits per heavy atom. The van der Waals surface area contributed by atoms with Crippen molar-refractivity contribution in [2.45, 2.75) is 26.3 Å². The Morgan fingerprint density at radius 1 is 1.02 bits per heavy atom. The quantitative estimate of drug-likeness (QED) is 0.343. The van der Waals surface area contributed by atoms with Crippen LogP contribution in [0.2, 0.25) is 0 Å². The molecule has 2 aromatic carbocycles. The molecule has 0 spiro atoms. The zero-order chi connectivity index (χ0) is 28.1. The van der Waals surface area contributed by atoms with Crippen molar-refractivity contribution in [3.63, 3.8) is 0 Å². The van der Waals surface area contributed by atoms with Crippen LogP contribution in [-0.4, -0.2) is 63.9 Å². The van der Waals surface area contributed by atoms with Crippen LogP contribution in [0.1, 0.15) is 44.7 Å². The predicted octanol–water partition coefficient (Wildman–Crippen LogP) is 4.84. The topological polar surface area (TPSA) is 107 Å². The lowest BCUT2D eigenvalue weighted by molar-refractivity contribution is 0.0560. The molecule has 2 aromatic heterocycles. The standard InChI is InChI=1S/C31H32N6O3/c1-21-28(9-6-12-33-21)40-30-18-23(10-11-24(30)19-32)17-27(26-20-34-22(2)35-26)36-13-15-37(16-14-36)31(38)25-7-4-5-8-29(25)39-3/h4-12,18,20,27H,13-17H2,1-3H3,(H,34,35). The second-order valence-electron chi connectivity index (χ2n) is 9.80. The van der Waals surface area contributed by atoms with Crippen molar-refractivity contribution in [2.24, 2.45) is 0 Å². The summed E-state index contributed by atoms with van der Waals surface area (Å²) in [6.07, 6.45) is 4.27. The number of imidazole rings is 1. The molecule has 5 rings (SSSR count). The van der Waals surface area contributed by atoms with Crippen molar-refractivity contribution in [3.05, 3.63) is 101 Å². The number of hydrogen-bond acceptors (Lipinski definition) is 7. The van der Waals surface area contributed by atoms with E-state index in [-0.39, 0.29) is 11.9 Å². The summed E-state index contributed by atoms with van der Waals surface area (Å²) in [6.45, 7) is 6.43. The molecule has 9 nitrogen and oxygen atoms in total. The molecule has 1 aliphatic rings. The van der Waals surface area contributed by atoms with Gasteiger partial charge < -0.3 is 19.4 Å². The van der Waals surface area contributed by atoms with Gasteiger partial charge in [0.15, 0.2) is 0 Å². The third-order valence-electron chi connectivity index (χ3n) is 7.24. The molecule has 0 bridgehead atoms. The van der Waals surface area contributed by atoms with E-state index in [2.05, 4.69) is 25.9 Å². The smallest absolute Gasteiger partial charge is 0.257 e. The maximum atomic E-state index is 13.3. The molecule has 1 atom stereocenters. The van der Waals surface area contributed by atoms with Crippen LogP contribution in [0.4, 0.5) is 0 Å². The summed E-state index contributed by atoms with van der Waals surface area (Å²) < 4.78 is 11.5. The van der Waals surface area contributed by atoms with Crippen LogP contribution < -0.4 is 9.47 Å². The summed E-state index contributed by atoms with van der Waals surface area (Å²) >= 11 is 0.